The molecule has 0 bridgehead atoms. The fourth-order valence-electron chi connectivity index (χ4n) is 2.82. The van der Waals surface area contributed by atoms with Crippen LogP contribution in [0.5, 0.6) is 0 Å². The van der Waals surface area contributed by atoms with Crippen LogP contribution in [0, 0.1) is 17.0 Å². The van der Waals surface area contributed by atoms with E-state index >= 15 is 0 Å². The van der Waals surface area contributed by atoms with Crippen LogP contribution in [0.25, 0.3) is 0 Å². The summed E-state index contributed by atoms with van der Waals surface area (Å²) in [6.07, 6.45) is 0.563. The molecule has 1 aromatic rings. The highest BCUT2D eigenvalue weighted by Gasteiger charge is 2.39. The van der Waals surface area contributed by atoms with Gasteiger partial charge >= 0.3 is 0 Å². The summed E-state index contributed by atoms with van der Waals surface area (Å²) < 4.78 is 23.2. The number of nitrogens with one attached hydrogen (secondary N) is 1. The molecule has 1 aliphatic heterocycles. The smallest absolute Gasteiger partial charge is 0.272 e. The van der Waals surface area contributed by atoms with Crippen molar-refractivity contribution >= 4 is 15.5 Å². The van der Waals surface area contributed by atoms with Crippen LogP contribution in [-0.2, 0) is 9.84 Å². The van der Waals surface area contributed by atoms with Crippen molar-refractivity contribution in [2.24, 2.45) is 0 Å². The van der Waals surface area contributed by atoms with Crippen LogP contribution in [0.1, 0.15) is 37.4 Å². The largest absolute Gasteiger partial charge is 0.304 e. The minimum Gasteiger partial charge on any atom is -0.304 e. The van der Waals surface area contributed by atoms with Gasteiger partial charge in [0, 0.05) is 23.2 Å². The van der Waals surface area contributed by atoms with E-state index < -0.39 is 20.3 Å². The third-order valence-electron chi connectivity index (χ3n) is 4.00. The molecule has 0 saturated carbocycles. The number of sulfone groups is 1. The third-order valence-corrected chi connectivity index (χ3v) is 5.90. The Morgan fingerprint density at radius 2 is 2.10 bits per heavy atom. The van der Waals surface area contributed by atoms with Crippen LogP contribution < -0.4 is 5.32 Å². The molecule has 7 heteroatoms. The molecular formula is C14H20N2O4S. The summed E-state index contributed by atoms with van der Waals surface area (Å²) >= 11 is 0. The number of hydrogen-bond acceptors (Lipinski definition) is 5. The molecule has 1 aliphatic rings. The van der Waals surface area contributed by atoms with Crippen LogP contribution in [0.15, 0.2) is 18.2 Å². The lowest BCUT2D eigenvalue weighted by atomic mass is 9.97. The number of rotatable bonds is 4. The number of nitrogens with zero attached hydrogens (tertiary/aromatic N) is 1. The third kappa shape index (κ3) is 3.59. The van der Waals surface area contributed by atoms with Gasteiger partial charge in [-0.3, -0.25) is 10.1 Å². The number of nitro benzene ring substituents is 1. The van der Waals surface area contributed by atoms with Crippen LogP contribution in [-0.4, -0.2) is 30.4 Å². The Hall–Kier alpha value is -1.47. The molecular weight excluding hydrogens is 292 g/mol. The van der Waals surface area contributed by atoms with Crippen LogP contribution in [0.3, 0.4) is 0 Å². The highest BCUT2D eigenvalue weighted by molar-refractivity contribution is 7.91. The zero-order chi connectivity index (χ0) is 15.8. The van der Waals surface area contributed by atoms with Crippen LogP contribution >= 0.6 is 0 Å². The zero-order valence-electron chi connectivity index (χ0n) is 12.4. The quantitative estimate of drug-likeness (QED) is 0.679. The summed E-state index contributed by atoms with van der Waals surface area (Å²) in [5, 5.41) is 14.3. The summed E-state index contributed by atoms with van der Waals surface area (Å²) in [6.45, 7) is 5.48. The van der Waals surface area contributed by atoms with Crippen molar-refractivity contribution < 1.29 is 13.3 Å². The van der Waals surface area contributed by atoms with Crippen LogP contribution in [0.2, 0.25) is 0 Å². The first-order valence-electron chi connectivity index (χ1n) is 6.85. The van der Waals surface area contributed by atoms with Gasteiger partial charge in [0.1, 0.15) is 0 Å². The van der Waals surface area contributed by atoms with Crippen molar-refractivity contribution in [1.29, 1.82) is 0 Å². The van der Waals surface area contributed by atoms with E-state index in [1.807, 2.05) is 19.9 Å². The first kappa shape index (κ1) is 15.9. The van der Waals surface area contributed by atoms with Gasteiger partial charge in [0.05, 0.1) is 16.4 Å². The fourth-order valence-corrected chi connectivity index (χ4v) is 4.93. The van der Waals surface area contributed by atoms with Gasteiger partial charge in [0.15, 0.2) is 9.84 Å². The highest BCUT2D eigenvalue weighted by atomic mass is 32.2. The molecule has 0 radical (unpaired) electrons. The Bertz CT molecular complexity index is 672. The van der Waals surface area contributed by atoms with Crippen molar-refractivity contribution in [1.82, 2.24) is 5.32 Å². The Labute approximate surface area is 124 Å². The Balaban J connectivity index is 2.20. The summed E-state index contributed by atoms with van der Waals surface area (Å²) in [7, 11) is -2.98. The van der Waals surface area contributed by atoms with E-state index in [9.17, 15) is 18.5 Å². The minimum absolute atomic E-state index is 0.0883. The normalized spacial score (nSPS) is 25.7. The van der Waals surface area contributed by atoms with E-state index in [0.29, 0.717) is 12.0 Å². The lowest BCUT2D eigenvalue weighted by Crippen LogP contribution is -2.44. The average Bonchev–Trinajstić information content (AvgIpc) is 2.63. The van der Waals surface area contributed by atoms with Crippen LogP contribution in [0.4, 0.5) is 5.69 Å². The van der Waals surface area contributed by atoms with Gasteiger partial charge in [0.25, 0.3) is 5.69 Å². The topological polar surface area (TPSA) is 89.3 Å². The van der Waals surface area contributed by atoms with Crippen molar-refractivity contribution in [2.75, 3.05) is 11.5 Å². The number of hydrogen-bond donors (Lipinski definition) is 1. The highest BCUT2D eigenvalue weighted by Crippen LogP contribution is 2.28. The summed E-state index contributed by atoms with van der Waals surface area (Å²) in [5.74, 6) is 0.301. The van der Waals surface area contributed by atoms with Crippen molar-refractivity contribution in [3.8, 4) is 0 Å². The second kappa shape index (κ2) is 5.38. The van der Waals surface area contributed by atoms with Gasteiger partial charge in [-0.1, -0.05) is 12.1 Å². The van der Waals surface area contributed by atoms with E-state index in [1.165, 1.54) is 0 Å². The van der Waals surface area contributed by atoms with Crippen molar-refractivity contribution in [3.63, 3.8) is 0 Å². The van der Waals surface area contributed by atoms with E-state index in [4.69, 9.17) is 0 Å². The molecule has 1 heterocycles. The fraction of sp³-hybridized carbons (Fsp3) is 0.571. The average molecular weight is 312 g/mol. The SMILES string of the molecule is Cc1ccc(C(C)NC2(C)CCS(=O)(=O)C2)cc1[N+](=O)[O-]. The first-order valence-corrected chi connectivity index (χ1v) is 8.67. The maximum Gasteiger partial charge on any atom is 0.272 e. The van der Waals surface area contributed by atoms with E-state index in [2.05, 4.69) is 5.32 Å². The van der Waals surface area contributed by atoms with Gasteiger partial charge in [0.2, 0.25) is 0 Å². The molecule has 0 aliphatic carbocycles. The summed E-state index contributed by atoms with van der Waals surface area (Å²) in [4.78, 5) is 10.6. The van der Waals surface area contributed by atoms with Gasteiger partial charge in [-0.05, 0) is 32.8 Å². The molecule has 0 spiro atoms. The molecule has 2 atom stereocenters. The lowest BCUT2D eigenvalue weighted by Gasteiger charge is -2.28. The predicted molar refractivity (Wildman–Crippen MR) is 81.1 cm³/mol. The summed E-state index contributed by atoms with van der Waals surface area (Å²) in [5.41, 5.74) is 1.02. The minimum atomic E-state index is -2.98. The lowest BCUT2D eigenvalue weighted by molar-refractivity contribution is -0.385. The summed E-state index contributed by atoms with van der Waals surface area (Å²) in [6, 6.07) is 4.97. The van der Waals surface area contributed by atoms with Crippen molar-refractivity contribution in [3.05, 3.63) is 39.4 Å². The standard InChI is InChI=1S/C14H20N2O4S/c1-10-4-5-12(8-13(10)16(17)18)11(2)15-14(3)6-7-21(19,20)9-14/h4-5,8,11,15H,6-7,9H2,1-3H3. The molecule has 21 heavy (non-hydrogen) atoms. The number of nitro groups is 1. The molecule has 1 N–H and O–H groups in total. The molecule has 2 rings (SSSR count). The second-order valence-electron chi connectivity index (χ2n) is 6.07. The van der Waals surface area contributed by atoms with Gasteiger partial charge in [-0.2, -0.15) is 0 Å². The molecule has 1 aromatic carbocycles. The Morgan fingerprint density at radius 3 is 2.62 bits per heavy atom. The molecule has 0 amide bonds. The maximum atomic E-state index is 11.6. The number of benzene rings is 1. The zero-order valence-corrected chi connectivity index (χ0v) is 13.2. The molecule has 6 nitrogen and oxygen atoms in total. The predicted octanol–water partition coefficient (Wildman–Crippen LogP) is 2.13. The molecule has 1 fully saturated rings. The molecule has 1 saturated heterocycles. The van der Waals surface area contributed by atoms with Gasteiger partial charge < -0.3 is 5.32 Å². The van der Waals surface area contributed by atoms with Crippen molar-refractivity contribution in [2.45, 2.75) is 38.8 Å². The molecule has 0 aromatic heterocycles. The van der Waals surface area contributed by atoms with E-state index in [1.54, 1.807) is 19.1 Å². The molecule has 2 unspecified atom stereocenters. The van der Waals surface area contributed by atoms with Gasteiger partial charge in [-0.25, -0.2) is 8.42 Å². The van der Waals surface area contributed by atoms with E-state index in [0.717, 1.165) is 5.56 Å². The maximum absolute atomic E-state index is 11.6. The van der Waals surface area contributed by atoms with Gasteiger partial charge in [-0.15, -0.1) is 0 Å². The molecule has 116 valence electrons. The first-order chi connectivity index (χ1) is 9.62. The Morgan fingerprint density at radius 1 is 1.43 bits per heavy atom. The monoisotopic (exact) mass is 312 g/mol. The van der Waals surface area contributed by atoms with E-state index in [-0.39, 0.29) is 23.2 Å². The number of aryl methyl sites for hydroxylation is 1. The second-order valence-corrected chi connectivity index (χ2v) is 8.26. The Kier molecular flexibility index (Phi) is 4.08.